The molecule has 1 heterocycles. The van der Waals surface area contributed by atoms with Gasteiger partial charge in [-0.3, -0.25) is 6.04 Å². The van der Waals surface area contributed by atoms with E-state index in [0.717, 1.165) is 0 Å². The zero-order valence-corrected chi connectivity index (χ0v) is 18.9. The van der Waals surface area contributed by atoms with Gasteiger partial charge in [0.15, 0.2) is 0 Å². The van der Waals surface area contributed by atoms with Crippen LogP contribution in [-0.4, -0.2) is 11.9 Å². The van der Waals surface area contributed by atoms with Crippen LogP contribution in [0.1, 0.15) is 26.2 Å². The van der Waals surface area contributed by atoms with Crippen LogP contribution in [0, 0.1) is 12.6 Å². The van der Waals surface area contributed by atoms with Crippen molar-refractivity contribution >= 4 is 0 Å². The van der Waals surface area contributed by atoms with Crippen LogP contribution in [0.2, 0.25) is 0 Å². The minimum absolute atomic E-state index is 0. The Bertz CT molecular complexity index is 72.8. The van der Waals surface area contributed by atoms with Crippen LogP contribution in [0.15, 0.2) is 0 Å². The van der Waals surface area contributed by atoms with Crippen molar-refractivity contribution in [1.29, 1.82) is 0 Å². The third kappa shape index (κ3) is 5.54. The third-order valence-electron chi connectivity index (χ3n) is 1.75. The maximum absolute atomic E-state index is 2.25. The van der Waals surface area contributed by atoms with Crippen molar-refractivity contribution in [3.05, 3.63) is 12.6 Å². The van der Waals surface area contributed by atoms with Crippen molar-refractivity contribution in [2.24, 2.45) is 0 Å². The zero-order valence-electron chi connectivity index (χ0n) is 7.11. The first-order valence-electron chi connectivity index (χ1n) is 3.19. The summed E-state index contributed by atoms with van der Waals surface area (Å²) in [6, 6.07) is 1.50. The van der Waals surface area contributed by atoms with Gasteiger partial charge in [-0.2, -0.15) is 19.8 Å². The molecule has 1 rings (SSSR count). The number of piperidine rings is 1. The molecule has 0 aromatic rings. The Labute approximate surface area is 91.2 Å². The monoisotopic (exact) mass is 752 g/mol. The molecule has 0 unspecified atom stereocenters. The molecule has 1 fully saturated rings. The molecular formula is C7H13NRe2Rf-2. The largest absolute Gasteiger partial charge is 0.605 e. The van der Waals surface area contributed by atoms with E-state index in [4.69, 9.17) is 0 Å². The summed E-state index contributed by atoms with van der Waals surface area (Å²) in [5, 5.41) is 0. The molecule has 0 N–H and O–H groups in total. The van der Waals surface area contributed by atoms with E-state index in [9.17, 15) is 0 Å². The van der Waals surface area contributed by atoms with E-state index in [2.05, 4.69) is 25.4 Å². The van der Waals surface area contributed by atoms with Crippen molar-refractivity contribution in [3.8, 4) is 0 Å². The fourth-order valence-corrected chi connectivity index (χ4v) is 0.975. The van der Waals surface area contributed by atoms with E-state index < -0.39 is 0 Å². The first-order valence-corrected chi connectivity index (χ1v) is 3.19. The fraction of sp³-hybridized carbons (Fsp3) is 0.714. The molecule has 11 heavy (non-hydrogen) atoms. The molecule has 64 valence electrons. The number of hydrogen-bond donors (Lipinski definition) is 0. The summed E-state index contributed by atoms with van der Waals surface area (Å²) in [5.41, 5.74) is 0. The summed E-state index contributed by atoms with van der Waals surface area (Å²) >= 11 is 0. The Balaban J connectivity index is -0.000000213. The van der Waals surface area contributed by atoms with Gasteiger partial charge in [-0.05, 0) is 0 Å². The van der Waals surface area contributed by atoms with Gasteiger partial charge >= 0.3 is 0 Å². The van der Waals surface area contributed by atoms with Gasteiger partial charge in [0, 0.05) is 40.8 Å². The smallest absolute Gasteiger partial charge is 0 e. The van der Waals surface area contributed by atoms with Crippen molar-refractivity contribution < 1.29 is 40.8 Å². The Morgan fingerprint density at radius 2 is 1.91 bits per heavy atom. The molecule has 0 bridgehead atoms. The van der Waals surface area contributed by atoms with Gasteiger partial charge in [-0.25, -0.2) is 0 Å². The standard InChI is InChI=1S/C7H13N.2Re.Rf/c1-7-5-3-4-6-8(7)2;;;/h6H,3-5H2,1-2H3;;;/q-2;;;. The molecular weight excluding hydrogens is 737 g/mol. The molecule has 1 nitrogen and oxygen atoms in total. The van der Waals surface area contributed by atoms with E-state index in [0.29, 0.717) is 0 Å². The van der Waals surface area contributed by atoms with E-state index in [1.54, 1.807) is 0 Å². The summed E-state index contributed by atoms with van der Waals surface area (Å²) < 4.78 is 0. The van der Waals surface area contributed by atoms with Crippen molar-refractivity contribution in [3.63, 3.8) is 0 Å². The Hall–Kier alpha value is 0.285. The normalized spacial score (nSPS) is 19.1. The second-order valence-electron chi connectivity index (χ2n) is 2.42. The number of rotatable bonds is 0. The molecule has 0 amide bonds. The second-order valence-corrected chi connectivity index (χ2v) is 2.42. The van der Waals surface area contributed by atoms with Gasteiger partial charge in [-0.1, -0.05) is 7.05 Å². The first kappa shape index (κ1) is 17.4. The predicted molar refractivity (Wildman–Crippen MR) is 34.8 cm³/mol. The number of likely N-dealkylation sites (tertiary alicyclic amines) is 1. The van der Waals surface area contributed by atoms with Crippen LogP contribution in [0.25, 0.3) is 0 Å². The minimum atomic E-state index is 0. The third-order valence-corrected chi connectivity index (χ3v) is 1.75. The van der Waals surface area contributed by atoms with Crippen LogP contribution in [0.5, 0.6) is 0 Å². The van der Waals surface area contributed by atoms with Gasteiger partial charge < -0.3 is 11.4 Å². The Morgan fingerprint density at radius 1 is 1.36 bits per heavy atom. The summed E-state index contributed by atoms with van der Waals surface area (Å²) in [4.78, 5) is 2.23. The molecule has 0 spiro atoms. The molecule has 2 radical (unpaired) electrons. The average molecular weight is 751 g/mol. The van der Waals surface area contributed by atoms with Crippen LogP contribution in [0.4, 0.5) is 0 Å². The number of hydrogen-bond acceptors (Lipinski definition) is 1. The maximum atomic E-state index is 2.25. The van der Waals surface area contributed by atoms with Crippen molar-refractivity contribution in [2.75, 3.05) is 7.05 Å². The molecule has 0 aromatic heterocycles. The quantitative estimate of drug-likeness (QED) is 0.342. The van der Waals surface area contributed by atoms with Gasteiger partial charge in [0.2, 0.25) is 0 Å². The van der Waals surface area contributed by atoms with Crippen molar-refractivity contribution in [2.45, 2.75) is 26.2 Å². The zero-order chi connectivity index (χ0) is 5.98. The summed E-state index contributed by atoms with van der Waals surface area (Å²) in [5.74, 6) is 0. The van der Waals surface area contributed by atoms with E-state index in [1.165, 1.54) is 25.3 Å². The van der Waals surface area contributed by atoms with Gasteiger partial charge in [0.1, 0.15) is 0 Å². The van der Waals surface area contributed by atoms with Crippen LogP contribution >= 0.6 is 0 Å². The summed E-state index contributed by atoms with van der Waals surface area (Å²) in [7, 11) is 2.12. The molecule has 1 aliphatic rings. The first-order chi connectivity index (χ1) is 3.80. The summed E-state index contributed by atoms with van der Waals surface area (Å²) in [6.45, 7) is 4.44. The van der Waals surface area contributed by atoms with Crippen LogP contribution in [-0.2, 0) is 40.8 Å². The van der Waals surface area contributed by atoms with E-state index >= 15 is 0 Å². The van der Waals surface area contributed by atoms with Crippen LogP contribution in [0.3, 0.4) is 0 Å². The maximum Gasteiger partial charge on any atom is 0 e. The SMILES string of the molecule is C[C-]1CCC[CH-]N1C.[Re].[Re].[Rf]. The van der Waals surface area contributed by atoms with Gasteiger partial charge in [-0.15, -0.1) is 6.42 Å². The topological polar surface area (TPSA) is 3.24 Å². The molecule has 1 saturated heterocycles. The van der Waals surface area contributed by atoms with Gasteiger partial charge in [0.25, 0.3) is 0 Å². The average Bonchev–Trinajstić information content (AvgIpc) is 1.77. The Morgan fingerprint density at radius 3 is 2.18 bits per heavy atom. The molecule has 0 aliphatic carbocycles. The molecule has 1 aliphatic heterocycles. The van der Waals surface area contributed by atoms with E-state index in [-0.39, 0.29) is 40.8 Å². The van der Waals surface area contributed by atoms with Crippen molar-refractivity contribution in [1.82, 2.24) is 4.90 Å². The van der Waals surface area contributed by atoms with E-state index in [1.807, 2.05) is 0 Å². The Kier molecular flexibility index (Phi) is 13.3. The predicted octanol–water partition coefficient (Wildman–Crippen LogP) is 1.81. The number of nitrogens with zero attached hydrogens (tertiary/aromatic N) is 1. The molecule has 0 atom stereocenters. The van der Waals surface area contributed by atoms with Gasteiger partial charge in [0.05, 0.1) is 0 Å². The fourth-order valence-electron chi connectivity index (χ4n) is 0.975. The second kappa shape index (κ2) is 8.38. The van der Waals surface area contributed by atoms with Crippen LogP contribution < -0.4 is 0 Å². The molecule has 0 saturated carbocycles. The molecule has 0 aromatic carbocycles. The summed E-state index contributed by atoms with van der Waals surface area (Å²) in [6.07, 6.45) is 3.89. The molecule has 4 heteroatoms. The minimum Gasteiger partial charge on any atom is -0.605 e.